The third kappa shape index (κ3) is 5.49. The van der Waals surface area contributed by atoms with E-state index in [1.165, 1.54) is 64.7 Å². The van der Waals surface area contributed by atoms with Gasteiger partial charge in [0.15, 0.2) is 0 Å². The second-order valence-corrected chi connectivity index (χ2v) is 18.5. The molecule has 0 spiro atoms. The Morgan fingerprint density at radius 2 is 1.10 bits per heavy atom. The zero-order valence-electron chi connectivity index (χ0n) is 35.0. The molecule has 3 aromatic heterocycles. The number of hydrogen-bond donors (Lipinski definition) is 0. The van der Waals surface area contributed by atoms with E-state index in [0.717, 1.165) is 55.0 Å². The SMILES string of the molecule is CC1C=CC=CC1c1c2ccccc2c(-c2ccc(-c3c(-c4ccc5c(c4)oc4ccccc45)sc4c3C=CC(C)C4c3ccccc3)c3c2oc2ccccc23)c2ccccc12. The molecule has 11 aromatic rings. The fraction of sp³-hybridized carbons (Fsp3) is 0.100. The van der Waals surface area contributed by atoms with E-state index < -0.39 is 0 Å². The Morgan fingerprint density at radius 3 is 1.84 bits per heavy atom. The minimum absolute atomic E-state index is 0.225. The van der Waals surface area contributed by atoms with E-state index in [4.69, 9.17) is 8.83 Å². The predicted octanol–water partition coefficient (Wildman–Crippen LogP) is 17.5. The third-order valence-electron chi connectivity index (χ3n) is 13.9. The molecule has 4 atom stereocenters. The maximum absolute atomic E-state index is 7.18. The van der Waals surface area contributed by atoms with Gasteiger partial charge in [-0.2, -0.15) is 0 Å². The van der Waals surface area contributed by atoms with Crippen molar-refractivity contribution in [2.75, 3.05) is 0 Å². The van der Waals surface area contributed by atoms with Crippen LogP contribution in [0.4, 0.5) is 0 Å². The Balaban J connectivity index is 1.12. The van der Waals surface area contributed by atoms with Gasteiger partial charge in [-0.25, -0.2) is 0 Å². The van der Waals surface area contributed by atoms with Crippen LogP contribution < -0.4 is 0 Å². The highest BCUT2D eigenvalue weighted by Gasteiger charge is 2.33. The van der Waals surface area contributed by atoms with Gasteiger partial charge in [0.05, 0.1) is 0 Å². The molecule has 4 unspecified atom stereocenters. The Kier molecular flexibility index (Phi) is 8.20. The smallest absolute Gasteiger partial charge is 0.143 e. The van der Waals surface area contributed by atoms with Gasteiger partial charge >= 0.3 is 0 Å². The highest BCUT2D eigenvalue weighted by molar-refractivity contribution is 7.16. The lowest BCUT2D eigenvalue weighted by molar-refractivity contribution is 0.628. The molecule has 0 bridgehead atoms. The zero-order valence-corrected chi connectivity index (χ0v) is 35.8. The van der Waals surface area contributed by atoms with Gasteiger partial charge in [-0.1, -0.05) is 178 Å². The molecule has 3 heterocycles. The number of thiophene rings is 1. The van der Waals surface area contributed by atoms with Crippen molar-refractivity contribution in [1.29, 1.82) is 0 Å². The molecule has 0 fully saturated rings. The number of para-hydroxylation sites is 2. The van der Waals surface area contributed by atoms with Crippen LogP contribution in [0.3, 0.4) is 0 Å². The minimum atomic E-state index is 0.225. The minimum Gasteiger partial charge on any atom is -0.456 e. The van der Waals surface area contributed by atoms with E-state index in [1.54, 1.807) is 0 Å². The van der Waals surface area contributed by atoms with Crippen LogP contribution >= 0.6 is 11.3 Å². The van der Waals surface area contributed by atoms with Crippen LogP contribution in [0, 0.1) is 11.8 Å². The van der Waals surface area contributed by atoms with Crippen LogP contribution in [0.15, 0.2) is 197 Å². The molecule has 0 amide bonds. The first-order chi connectivity index (χ1) is 31.1. The number of hydrogen-bond acceptors (Lipinski definition) is 3. The largest absolute Gasteiger partial charge is 0.456 e. The van der Waals surface area contributed by atoms with E-state index in [1.807, 2.05) is 17.4 Å². The van der Waals surface area contributed by atoms with Gasteiger partial charge in [0.25, 0.3) is 0 Å². The summed E-state index contributed by atoms with van der Waals surface area (Å²) < 4.78 is 13.7. The number of furan rings is 2. The average Bonchev–Trinajstić information content (AvgIpc) is 4.03. The van der Waals surface area contributed by atoms with Crippen LogP contribution in [-0.2, 0) is 0 Å². The standard InChI is InChI=1S/C60H42O2S/c1-35-16-6-7-19-39(35)54-42-21-8-10-23-44(42)55(45-24-11-9-22-43(45)54)48-33-32-47(56-46-25-13-15-27-51(46)62-58(48)56)57-49-30-28-36(2)53(37-17-4-3-5-18-37)60(49)63-59(57)38-29-31-41-40-20-12-14-26-50(40)61-52(41)34-38/h3-36,39,53H,1-2H3. The highest BCUT2D eigenvalue weighted by Crippen LogP contribution is 2.56. The van der Waals surface area contributed by atoms with E-state index in [9.17, 15) is 0 Å². The van der Waals surface area contributed by atoms with Crippen molar-refractivity contribution < 1.29 is 8.83 Å². The second kappa shape index (κ2) is 14.2. The summed E-state index contributed by atoms with van der Waals surface area (Å²) in [4.78, 5) is 2.63. The fourth-order valence-corrected chi connectivity index (χ4v) is 12.6. The van der Waals surface area contributed by atoms with Crippen molar-refractivity contribution in [2.24, 2.45) is 11.8 Å². The Labute approximate surface area is 369 Å². The molecule has 0 aliphatic heterocycles. The summed E-state index contributed by atoms with van der Waals surface area (Å²) in [5, 5.41) is 9.60. The van der Waals surface area contributed by atoms with Gasteiger partial charge in [-0.05, 0) is 91.5 Å². The number of allylic oxidation sites excluding steroid dienone is 5. The van der Waals surface area contributed by atoms with Crippen LogP contribution in [-0.4, -0.2) is 0 Å². The van der Waals surface area contributed by atoms with E-state index in [0.29, 0.717) is 11.8 Å². The molecule has 3 heteroatoms. The maximum atomic E-state index is 7.18. The summed E-state index contributed by atoms with van der Waals surface area (Å²) in [5.74, 6) is 1.21. The average molecular weight is 827 g/mol. The lowest BCUT2D eigenvalue weighted by Gasteiger charge is -2.26. The Morgan fingerprint density at radius 1 is 0.476 bits per heavy atom. The van der Waals surface area contributed by atoms with Gasteiger partial charge < -0.3 is 8.83 Å². The summed E-state index contributed by atoms with van der Waals surface area (Å²) in [6.07, 6.45) is 13.9. The normalized spacial score (nSPS) is 18.4. The van der Waals surface area contributed by atoms with E-state index >= 15 is 0 Å². The summed E-state index contributed by atoms with van der Waals surface area (Å²) in [7, 11) is 0. The third-order valence-corrected chi connectivity index (χ3v) is 15.3. The summed E-state index contributed by atoms with van der Waals surface area (Å²) in [6, 6.07) is 57.6. The summed E-state index contributed by atoms with van der Waals surface area (Å²) in [5.41, 5.74) is 13.5. The molecule has 8 aromatic carbocycles. The number of fused-ring (bicyclic) bond motifs is 9. The molecular weight excluding hydrogens is 785 g/mol. The van der Waals surface area contributed by atoms with Gasteiger partial charge in [0.2, 0.25) is 0 Å². The van der Waals surface area contributed by atoms with Gasteiger partial charge in [0, 0.05) is 59.8 Å². The van der Waals surface area contributed by atoms with Crippen molar-refractivity contribution >= 4 is 82.8 Å². The molecular formula is C60H42O2S. The van der Waals surface area contributed by atoms with E-state index in [-0.39, 0.29) is 11.8 Å². The topological polar surface area (TPSA) is 26.3 Å². The quantitative estimate of drug-likeness (QED) is 0.162. The summed E-state index contributed by atoms with van der Waals surface area (Å²) in [6.45, 7) is 4.69. The lowest BCUT2D eigenvalue weighted by Crippen LogP contribution is -2.12. The number of rotatable bonds is 5. The van der Waals surface area contributed by atoms with Crippen molar-refractivity contribution in [1.82, 2.24) is 0 Å². The first-order valence-corrected chi connectivity index (χ1v) is 23.0. The molecule has 0 saturated carbocycles. The highest BCUT2D eigenvalue weighted by atomic mass is 32.1. The molecule has 0 radical (unpaired) electrons. The molecule has 2 aliphatic carbocycles. The molecule has 2 nitrogen and oxygen atoms in total. The molecule has 0 saturated heterocycles. The van der Waals surface area contributed by atoms with E-state index in [2.05, 4.69) is 202 Å². The van der Waals surface area contributed by atoms with Crippen molar-refractivity contribution in [3.05, 3.63) is 210 Å². The van der Waals surface area contributed by atoms with Gasteiger partial charge in [-0.15, -0.1) is 11.3 Å². The first kappa shape index (κ1) is 36.5. The predicted molar refractivity (Wildman–Crippen MR) is 267 cm³/mol. The summed E-state index contributed by atoms with van der Waals surface area (Å²) >= 11 is 1.93. The molecule has 63 heavy (non-hydrogen) atoms. The van der Waals surface area contributed by atoms with Gasteiger partial charge in [0.1, 0.15) is 22.3 Å². The van der Waals surface area contributed by atoms with Crippen LogP contribution in [0.2, 0.25) is 0 Å². The molecule has 0 N–H and O–H groups in total. The van der Waals surface area contributed by atoms with Crippen LogP contribution in [0.1, 0.15) is 47.3 Å². The second-order valence-electron chi connectivity index (χ2n) is 17.5. The van der Waals surface area contributed by atoms with Crippen molar-refractivity contribution in [3.63, 3.8) is 0 Å². The molecule has 300 valence electrons. The Hall–Kier alpha value is -7.20. The maximum Gasteiger partial charge on any atom is 0.143 e. The lowest BCUT2D eigenvalue weighted by atomic mass is 9.77. The Bertz CT molecular complexity index is 3680. The van der Waals surface area contributed by atoms with Gasteiger partial charge in [-0.3, -0.25) is 0 Å². The van der Waals surface area contributed by atoms with Crippen molar-refractivity contribution in [3.8, 4) is 32.7 Å². The first-order valence-electron chi connectivity index (χ1n) is 22.2. The van der Waals surface area contributed by atoms with Crippen LogP contribution in [0.25, 0.3) is 104 Å². The number of benzene rings is 8. The fourth-order valence-electron chi connectivity index (χ4n) is 11.0. The zero-order chi connectivity index (χ0) is 41.8. The molecule has 13 rings (SSSR count). The van der Waals surface area contributed by atoms with Crippen molar-refractivity contribution in [2.45, 2.75) is 25.7 Å². The van der Waals surface area contributed by atoms with Crippen LogP contribution in [0.5, 0.6) is 0 Å². The molecule has 2 aliphatic rings. The monoisotopic (exact) mass is 826 g/mol.